The van der Waals surface area contributed by atoms with Crippen LogP contribution >= 0.6 is 15.8 Å². The van der Waals surface area contributed by atoms with Crippen LogP contribution in [0.25, 0.3) is 0 Å². The molecular weight excluding hydrogens is 840 g/mol. The summed E-state index contributed by atoms with van der Waals surface area (Å²) < 4.78 is 5.67. The largest absolute Gasteiger partial charge is 2.00 e. The quantitative estimate of drug-likeness (QED) is 0.0639. The molecule has 0 fully saturated rings. The topological polar surface area (TPSA) is 9.23 Å². The van der Waals surface area contributed by atoms with E-state index in [9.17, 15) is 0 Å². The van der Waals surface area contributed by atoms with Gasteiger partial charge in [0.1, 0.15) is 5.75 Å². The van der Waals surface area contributed by atoms with Gasteiger partial charge in [-0.15, -0.1) is 0 Å². The molecule has 2 unspecified atom stereocenters. The van der Waals surface area contributed by atoms with Crippen molar-refractivity contribution in [2.45, 2.75) is 12.8 Å². The first-order chi connectivity index (χ1) is 28.6. The molecule has 292 valence electrons. The van der Waals surface area contributed by atoms with Crippen LogP contribution in [0.5, 0.6) is 5.75 Å². The number of ether oxygens (including phenoxy) is 1. The van der Waals surface area contributed by atoms with Gasteiger partial charge < -0.3 is 4.74 Å². The van der Waals surface area contributed by atoms with Gasteiger partial charge in [-0.25, -0.2) is 12.1 Å². The minimum Gasteiger partial charge on any atom is -0.493 e. The Hall–Kier alpha value is -5.35. The molecule has 4 heteroatoms. The molecule has 0 N–H and O–H groups in total. The molecule has 0 saturated heterocycles. The van der Waals surface area contributed by atoms with Crippen molar-refractivity contribution >= 4 is 47.7 Å². The van der Waals surface area contributed by atoms with Gasteiger partial charge in [0.05, 0.1) is 6.61 Å². The average molecular weight is 889 g/mol. The number of hydrogen-bond acceptors (Lipinski definition) is 1. The van der Waals surface area contributed by atoms with Crippen molar-refractivity contribution in [1.82, 2.24) is 0 Å². The van der Waals surface area contributed by atoms with E-state index in [2.05, 4.69) is 189 Å². The summed E-state index contributed by atoms with van der Waals surface area (Å²) in [6.07, 6.45) is 1.50. The molecular formula is C55H49OP2Ru+. The Labute approximate surface area is 367 Å². The van der Waals surface area contributed by atoms with Gasteiger partial charge in [0.15, 0.2) is 0 Å². The summed E-state index contributed by atoms with van der Waals surface area (Å²) in [7, 11) is -0.892. The van der Waals surface area contributed by atoms with Gasteiger partial charge in [-0.2, -0.15) is 18.2 Å². The second kappa shape index (κ2) is 24.5. The van der Waals surface area contributed by atoms with Crippen LogP contribution in [0.3, 0.4) is 0 Å². The molecule has 1 nitrogen and oxygen atoms in total. The molecule has 59 heavy (non-hydrogen) atoms. The monoisotopic (exact) mass is 889 g/mol. The third-order valence-electron chi connectivity index (χ3n) is 9.58. The Morgan fingerprint density at radius 1 is 0.508 bits per heavy atom. The number of para-hydroxylation sites is 1. The summed E-state index contributed by atoms with van der Waals surface area (Å²) in [6, 6.07) is 82.6. The van der Waals surface area contributed by atoms with Gasteiger partial charge in [0.2, 0.25) is 0 Å². The Bertz CT molecular complexity index is 2010. The maximum absolute atomic E-state index is 7.53. The fraction of sp³-hybridized carbons (Fsp3) is 0.0727. The zero-order valence-electron chi connectivity index (χ0n) is 33.3. The molecule has 0 amide bonds. The van der Waals surface area contributed by atoms with E-state index in [1.165, 1.54) is 37.9 Å². The van der Waals surface area contributed by atoms with Crippen LogP contribution in [-0.4, -0.2) is 6.61 Å². The van der Waals surface area contributed by atoms with Crippen LogP contribution in [0.4, 0.5) is 0 Å². The number of fused-ring (bicyclic) bond motifs is 1. The van der Waals surface area contributed by atoms with E-state index in [0.29, 0.717) is 6.61 Å². The summed E-state index contributed by atoms with van der Waals surface area (Å²) in [5.41, 5.74) is 2.18. The summed E-state index contributed by atoms with van der Waals surface area (Å²) in [5, 5.41) is 8.39. The predicted molar refractivity (Wildman–Crippen MR) is 253 cm³/mol. The number of rotatable bonds is 8. The third-order valence-corrected chi connectivity index (χ3v) is 14.5. The van der Waals surface area contributed by atoms with Crippen LogP contribution in [0, 0.1) is 12.5 Å². The molecule has 9 rings (SSSR count). The van der Waals surface area contributed by atoms with Crippen LogP contribution in [0.1, 0.15) is 18.4 Å². The van der Waals surface area contributed by atoms with Crippen molar-refractivity contribution < 1.29 is 24.2 Å². The van der Waals surface area contributed by atoms with Crippen molar-refractivity contribution in [3.05, 3.63) is 267 Å². The molecule has 2 atom stereocenters. The summed E-state index contributed by atoms with van der Waals surface area (Å²) in [6.45, 7) is 14.1. The Kier molecular flexibility index (Phi) is 18.6. The number of hydrogen-bond donors (Lipinski definition) is 0. The van der Waals surface area contributed by atoms with Gasteiger partial charge in [-0.05, 0) is 67.2 Å². The molecule has 0 spiro atoms. The van der Waals surface area contributed by atoms with E-state index in [1.54, 1.807) is 0 Å². The molecule has 1 aliphatic heterocycles. The fourth-order valence-corrected chi connectivity index (χ4v) is 11.3. The first kappa shape index (κ1) is 44.8. The van der Waals surface area contributed by atoms with Crippen molar-refractivity contribution in [3.63, 3.8) is 0 Å². The Balaban J connectivity index is 0.000000158. The second-order valence-electron chi connectivity index (χ2n) is 13.6. The minimum absolute atomic E-state index is 0. The van der Waals surface area contributed by atoms with E-state index >= 15 is 0 Å². The van der Waals surface area contributed by atoms with Gasteiger partial charge in [0.25, 0.3) is 0 Å². The fourth-order valence-electron chi connectivity index (χ4n) is 6.72. The van der Waals surface area contributed by atoms with Crippen LogP contribution in [0.15, 0.2) is 255 Å². The molecule has 1 aliphatic rings. The maximum Gasteiger partial charge on any atom is 2.00 e. The van der Waals surface area contributed by atoms with Crippen LogP contribution in [0.2, 0.25) is 0 Å². The molecule has 0 aliphatic carbocycles. The van der Waals surface area contributed by atoms with E-state index in [-0.39, 0.29) is 31.3 Å². The van der Waals surface area contributed by atoms with Gasteiger partial charge in [0, 0.05) is 17.4 Å². The number of benzene rings is 7. The SMILES string of the molecule is [C]=CC1c2ccccc2OCC1C(=C)C.[Ru+2].c1cc[cH-]c1.c1ccc(P(c2ccccc2)c2ccccc2)cc1.c1ccc(P(c2ccccc2)c2ccccc2)cc1. The zero-order valence-corrected chi connectivity index (χ0v) is 36.8. The van der Waals surface area contributed by atoms with Gasteiger partial charge in [-0.1, -0.05) is 218 Å². The molecule has 0 saturated carbocycles. The molecule has 0 aromatic heterocycles. The van der Waals surface area contributed by atoms with Crippen molar-refractivity contribution in [2.24, 2.45) is 5.92 Å². The van der Waals surface area contributed by atoms with E-state index in [4.69, 9.17) is 11.3 Å². The van der Waals surface area contributed by atoms with E-state index in [0.717, 1.165) is 16.9 Å². The molecule has 2 radical (unpaired) electrons. The summed E-state index contributed by atoms with van der Waals surface area (Å²) in [5.74, 6) is 1.26. The second-order valence-corrected chi connectivity index (χ2v) is 18.1. The molecule has 1 heterocycles. The minimum atomic E-state index is -0.446. The molecule has 8 aromatic carbocycles. The van der Waals surface area contributed by atoms with Crippen molar-refractivity contribution in [2.75, 3.05) is 6.61 Å². The first-order valence-corrected chi connectivity index (χ1v) is 22.3. The van der Waals surface area contributed by atoms with Crippen LogP contribution < -0.4 is 36.6 Å². The first-order valence-electron chi connectivity index (χ1n) is 19.6. The standard InChI is InChI=1S/2C18H15P.C14H14O.C5H5.Ru/c2*1-4-10-16(11-5-1)19(17-12-6-2-7-13-17)18-14-8-3-9-15-18;1-4-11-12-7-5-6-8-14(12)15-9-13(11)10(2)3;1-2-4-5-3-1;/h2*1-15H;4-8,11,13H,2,9H2,3H3;1-5H;/q;;;-1;+2. The Morgan fingerprint density at radius 2 is 0.814 bits per heavy atom. The normalized spacial score (nSPS) is 13.5. The average Bonchev–Trinajstić information content (AvgIpc) is 3.90. The van der Waals surface area contributed by atoms with Gasteiger partial charge >= 0.3 is 19.5 Å². The summed E-state index contributed by atoms with van der Waals surface area (Å²) >= 11 is 0. The molecule has 0 bridgehead atoms. The zero-order chi connectivity index (χ0) is 40.2. The van der Waals surface area contributed by atoms with E-state index in [1.807, 2.05) is 61.5 Å². The third kappa shape index (κ3) is 13.1. The molecule has 8 aromatic rings. The van der Waals surface area contributed by atoms with Gasteiger partial charge in [-0.3, -0.25) is 0 Å². The Morgan fingerprint density at radius 3 is 1.08 bits per heavy atom. The summed E-state index contributed by atoms with van der Waals surface area (Å²) in [4.78, 5) is 0. The van der Waals surface area contributed by atoms with E-state index < -0.39 is 15.8 Å². The smallest absolute Gasteiger partial charge is 0.493 e. The van der Waals surface area contributed by atoms with Crippen molar-refractivity contribution in [3.8, 4) is 5.75 Å². The van der Waals surface area contributed by atoms with Crippen LogP contribution in [-0.2, 0) is 19.5 Å². The maximum atomic E-state index is 7.53. The van der Waals surface area contributed by atoms with Crippen molar-refractivity contribution in [1.29, 1.82) is 0 Å². The predicted octanol–water partition coefficient (Wildman–Crippen LogP) is 11.5. The number of allylic oxidation sites excluding steroid dienone is 1.